The number of hydrogen-bond acceptors (Lipinski definition) is 10. The van der Waals surface area contributed by atoms with Gasteiger partial charge in [-0.1, -0.05) is 18.2 Å². The van der Waals surface area contributed by atoms with Crippen molar-refractivity contribution in [1.29, 1.82) is 0 Å². The van der Waals surface area contributed by atoms with Crippen molar-refractivity contribution in [1.82, 2.24) is 5.32 Å². The highest BCUT2D eigenvalue weighted by Crippen LogP contribution is 2.34. The molecule has 1 fully saturated rings. The predicted molar refractivity (Wildman–Crippen MR) is 139 cm³/mol. The molecule has 1 saturated heterocycles. The summed E-state index contributed by atoms with van der Waals surface area (Å²) in [4.78, 5) is 12.6. The zero-order valence-electron chi connectivity index (χ0n) is 21.7. The van der Waals surface area contributed by atoms with E-state index < -0.39 is 36.8 Å². The van der Waals surface area contributed by atoms with Crippen molar-refractivity contribution in [2.24, 2.45) is 5.73 Å². The van der Waals surface area contributed by atoms with E-state index in [0.29, 0.717) is 56.4 Å². The summed E-state index contributed by atoms with van der Waals surface area (Å²) in [5.74, 6) is 0.170. The minimum Gasteiger partial charge on any atom is -0.461 e. The number of aliphatic hydroxyl groups is 4. The molecule has 0 spiro atoms. The molecule has 1 aliphatic rings. The van der Waals surface area contributed by atoms with Gasteiger partial charge >= 0.3 is 0 Å². The second-order valence-corrected chi connectivity index (χ2v) is 9.30. The van der Waals surface area contributed by atoms with Gasteiger partial charge in [0.25, 0.3) is 5.91 Å². The Kier molecular flexibility index (Phi) is 11.0. The minimum atomic E-state index is -1.92. The molecule has 0 aromatic heterocycles. The normalized spacial score (nSPS) is 25.2. The predicted octanol–water partition coefficient (Wildman–Crippen LogP) is -0.0475. The molecule has 1 heterocycles. The monoisotopic (exact) mass is 534 g/mol. The highest BCUT2D eigenvalue weighted by Gasteiger charge is 2.53. The standard InChI is InChI=1S/C27H38N2O9/c1-17-14-19(6-7-21(17)37-26-27(2,34)24(32)23(31)22(16-30)38-26)18-4-3-5-20(15-18)25(33)29-9-11-36-13-12-35-10-8-28/h3-7,14-15,22-24,26,30-32,34H,8-13,16,28H2,1-2H3,(H,29,33)/t22-,23-,24+,26+,27-/m1/s1. The lowest BCUT2D eigenvalue weighted by Crippen LogP contribution is -2.66. The van der Waals surface area contributed by atoms with E-state index in [0.717, 1.165) is 11.1 Å². The maximum atomic E-state index is 12.6. The number of ether oxygens (including phenoxy) is 4. The van der Waals surface area contributed by atoms with Crippen molar-refractivity contribution >= 4 is 5.91 Å². The molecule has 0 radical (unpaired) electrons. The smallest absolute Gasteiger partial charge is 0.251 e. The number of carbonyl (C=O) groups is 1. The van der Waals surface area contributed by atoms with Gasteiger partial charge in [-0.2, -0.15) is 0 Å². The third-order valence-electron chi connectivity index (χ3n) is 6.29. The Hall–Kier alpha value is -2.61. The van der Waals surface area contributed by atoms with Crippen LogP contribution in [-0.4, -0.2) is 103 Å². The number of hydrogen-bond donors (Lipinski definition) is 6. The first kappa shape index (κ1) is 29.9. The third-order valence-corrected chi connectivity index (χ3v) is 6.29. The molecule has 0 unspecified atom stereocenters. The van der Waals surface area contributed by atoms with Crippen molar-refractivity contribution in [3.63, 3.8) is 0 Å². The molecule has 0 bridgehead atoms. The molecule has 5 atom stereocenters. The molecule has 0 saturated carbocycles. The Morgan fingerprint density at radius 3 is 2.47 bits per heavy atom. The highest BCUT2D eigenvalue weighted by atomic mass is 16.7. The van der Waals surface area contributed by atoms with Crippen LogP contribution in [0.25, 0.3) is 11.1 Å². The molecular formula is C27H38N2O9. The SMILES string of the molecule is Cc1cc(-c2cccc(C(=O)NCCOCCOCCN)c2)ccc1O[C@H]1O[C@H](CO)[C@@H](O)[C@H](O)[C@@]1(C)O. The number of amides is 1. The average molecular weight is 535 g/mol. The Labute approximate surface area is 222 Å². The van der Waals surface area contributed by atoms with E-state index in [1.54, 1.807) is 30.3 Å². The van der Waals surface area contributed by atoms with E-state index >= 15 is 0 Å². The van der Waals surface area contributed by atoms with E-state index in [-0.39, 0.29) is 5.91 Å². The largest absolute Gasteiger partial charge is 0.461 e. The van der Waals surface area contributed by atoms with Gasteiger partial charge in [0.1, 0.15) is 24.1 Å². The molecular weight excluding hydrogens is 496 g/mol. The number of aliphatic hydroxyl groups excluding tert-OH is 3. The van der Waals surface area contributed by atoms with E-state index in [1.165, 1.54) is 6.92 Å². The molecule has 11 nitrogen and oxygen atoms in total. The van der Waals surface area contributed by atoms with Crippen LogP contribution in [0.2, 0.25) is 0 Å². The summed E-state index contributed by atoms with van der Waals surface area (Å²) >= 11 is 0. The fraction of sp³-hybridized carbons (Fsp3) is 0.519. The number of rotatable bonds is 13. The number of aryl methyl sites for hydroxylation is 1. The molecule has 1 amide bonds. The van der Waals surface area contributed by atoms with Gasteiger partial charge in [0.15, 0.2) is 5.60 Å². The summed E-state index contributed by atoms with van der Waals surface area (Å²) in [6.45, 7) is 5.12. The van der Waals surface area contributed by atoms with Crippen LogP contribution in [0, 0.1) is 6.92 Å². The Morgan fingerprint density at radius 1 is 1.08 bits per heavy atom. The van der Waals surface area contributed by atoms with Crippen LogP contribution in [0.15, 0.2) is 42.5 Å². The van der Waals surface area contributed by atoms with Gasteiger partial charge in [0.05, 0.1) is 33.0 Å². The summed E-state index contributed by atoms with van der Waals surface area (Å²) in [6, 6.07) is 12.5. The number of carbonyl (C=O) groups excluding carboxylic acids is 1. The third kappa shape index (κ3) is 7.49. The molecule has 2 aromatic carbocycles. The summed E-state index contributed by atoms with van der Waals surface area (Å²) < 4.78 is 22.0. The van der Waals surface area contributed by atoms with Crippen molar-refractivity contribution < 1.29 is 44.2 Å². The second-order valence-electron chi connectivity index (χ2n) is 9.30. The van der Waals surface area contributed by atoms with Crippen LogP contribution in [0.3, 0.4) is 0 Å². The fourth-order valence-corrected chi connectivity index (χ4v) is 4.02. The summed E-state index contributed by atoms with van der Waals surface area (Å²) in [6.07, 6.45) is -5.46. The first-order valence-corrected chi connectivity index (χ1v) is 12.5. The van der Waals surface area contributed by atoms with Crippen LogP contribution in [0.5, 0.6) is 5.75 Å². The zero-order chi connectivity index (χ0) is 27.7. The Morgan fingerprint density at radius 2 is 1.79 bits per heavy atom. The maximum absolute atomic E-state index is 12.6. The van der Waals surface area contributed by atoms with Gasteiger partial charge in [-0.05, 0) is 54.8 Å². The van der Waals surface area contributed by atoms with Gasteiger partial charge < -0.3 is 50.4 Å². The number of benzene rings is 2. The molecule has 38 heavy (non-hydrogen) atoms. The molecule has 210 valence electrons. The topological polar surface area (TPSA) is 173 Å². The lowest BCUT2D eigenvalue weighted by atomic mass is 9.88. The molecule has 1 aliphatic heterocycles. The Bertz CT molecular complexity index is 1050. The van der Waals surface area contributed by atoms with E-state index in [9.17, 15) is 25.2 Å². The second kappa shape index (κ2) is 14.0. The quantitative estimate of drug-likeness (QED) is 0.191. The van der Waals surface area contributed by atoms with Crippen LogP contribution in [0.1, 0.15) is 22.8 Å². The van der Waals surface area contributed by atoms with Crippen LogP contribution in [-0.2, 0) is 14.2 Å². The number of nitrogens with two attached hydrogens (primary N) is 1. The van der Waals surface area contributed by atoms with Gasteiger partial charge in [-0.15, -0.1) is 0 Å². The van der Waals surface area contributed by atoms with Crippen LogP contribution < -0.4 is 15.8 Å². The first-order valence-electron chi connectivity index (χ1n) is 12.5. The fourth-order valence-electron chi connectivity index (χ4n) is 4.02. The van der Waals surface area contributed by atoms with E-state index in [2.05, 4.69) is 5.32 Å². The molecule has 2 aromatic rings. The summed E-state index contributed by atoms with van der Waals surface area (Å²) in [5.41, 5.74) is 6.30. The molecule has 7 N–H and O–H groups in total. The van der Waals surface area contributed by atoms with Crippen molar-refractivity contribution in [2.45, 2.75) is 44.1 Å². The van der Waals surface area contributed by atoms with Crippen LogP contribution in [0.4, 0.5) is 0 Å². The lowest BCUT2D eigenvalue weighted by molar-refractivity contribution is -0.314. The van der Waals surface area contributed by atoms with Gasteiger partial charge in [-0.25, -0.2) is 0 Å². The Balaban J connectivity index is 1.61. The first-order chi connectivity index (χ1) is 18.2. The van der Waals surface area contributed by atoms with E-state index in [1.807, 2.05) is 19.1 Å². The molecule has 11 heteroatoms. The van der Waals surface area contributed by atoms with E-state index in [4.69, 9.17) is 24.7 Å². The molecule has 3 rings (SSSR count). The van der Waals surface area contributed by atoms with Crippen molar-refractivity contribution in [2.75, 3.05) is 46.1 Å². The minimum absolute atomic E-state index is 0.220. The summed E-state index contributed by atoms with van der Waals surface area (Å²) in [5, 5.41) is 43.3. The zero-order valence-corrected chi connectivity index (χ0v) is 21.7. The average Bonchev–Trinajstić information content (AvgIpc) is 2.91. The number of nitrogens with one attached hydrogen (secondary N) is 1. The van der Waals surface area contributed by atoms with Gasteiger partial charge in [-0.3, -0.25) is 4.79 Å². The maximum Gasteiger partial charge on any atom is 0.251 e. The van der Waals surface area contributed by atoms with Crippen molar-refractivity contribution in [3.8, 4) is 16.9 Å². The molecule has 0 aliphatic carbocycles. The van der Waals surface area contributed by atoms with Crippen molar-refractivity contribution in [3.05, 3.63) is 53.6 Å². The van der Waals surface area contributed by atoms with Gasteiger partial charge in [0, 0.05) is 18.7 Å². The van der Waals surface area contributed by atoms with Gasteiger partial charge in [0.2, 0.25) is 6.29 Å². The van der Waals surface area contributed by atoms with Crippen LogP contribution >= 0.6 is 0 Å². The highest BCUT2D eigenvalue weighted by molar-refractivity contribution is 5.95. The summed E-state index contributed by atoms with van der Waals surface area (Å²) in [7, 11) is 0. The lowest BCUT2D eigenvalue weighted by Gasteiger charge is -2.45.